The van der Waals surface area contributed by atoms with E-state index in [1.165, 1.54) is 0 Å². The molecule has 0 aliphatic rings. The Morgan fingerprint density at radius 2 is 1.88 bits per heavy atom. The second-order valence-electron chi connectivity index (χ2n) is 7.88. The van der Waals surface area contributed by atoms with Gasteiger partial charge in [-0.2, -0.15) is 0 Å². The lowest BCUT2D eigenvalue weighted by Gasteiger charge is -2.18. The van der Waals surface area contributed by atoms with Crippen molar-refractivity contribution in [2.45, 2.75) is 40.8 Å². The smallest absolute Gasteiger partial charge is 0.326 e. The zero-order valence-corrected chi connectivity index (χ0v) is 15.6. The lowest BCUT2D eigenvalue weighted by atomic mass is 9.97. The summed E-state index contributed by atoms with van der Waals surface area (Å²) in [6.45, 7) is 9.60. The van der Waals surface area contributed by atoms with E-state index in [1.807, 2.05) is 22.8 Å². The van der Waals surface area contributed by atoms with Crippen molar-refractivity contribution in [1.29, 1.82) is 0 Å². The quantitative estimate of drug-likeness (QED) is 0.797. The topological polar surface area (TPSA) is 65.8 Å². The van der Waals surface area contributed by atoms with Gasteiger partial charge in [-0.15, -0.1) is 0 Å². The molecule has 1 aromatic carbocycles. The van der Waals surface area contributed by atoms with Crippen molar-refractivity contribution in [3.8, 4) is 11.3 Å². The maximum atomic E-state index is 12.7. The van der Waals surface area contributed by atoms with Gasteiger partial charge in [0.15, 0.2) is 5.65 Å². The van der Waals surface area contributed by atoms with Crippen molar-refractivity contribution in [2.24, 2.45) is 18.2 Å². The first kappa shape index (κ1) is 17.4. The van der Waals surface area contributed by atoms with Gasteiger partial charge in [-0.3, -0.25) is 9.13 Å². The number of nitrogens with zero attached hydrogens (tertiary/aromatic N) is 3. The highest BCUT2D eigenvalue weighted by Crippen LogP contribution is 2.26. The summed E-state index contributed by atoms with van der Waals surface area (Å²) in [5.74, 6) is 0. The summed E-state index contributed by atoms with van der Waals surface area (Å²) in [6, 6.07) is 10.2. The Kier molecular flexibility index (Phi) is 4.29. The van der Waals surface area contributed by atoms with Crippen LogP contribution in [-0.4, -0.2) is 14.1 Å². The van der Waals surface area contributed by atoms with Crippen LogP contribution in [0.25, 0.3) is 22.4 Å². The van der Waals surface area contributed by atoms with E-state index < -0.39 is 0 Å². The molecule has 5 nitrogen and oxygen atoms in total. The van der Waals surface area contributed by atoms with E-state index in [1.54, 1.807) is 11.6 Å². The van der Waals surface area contributed by atoms with Crippen molar-refractivity contribution in [1.82, 2.24) is 14.1 Å². The molecule has 0 aliphatic heterocycles. The van der Waals surface area contributed by atoms with E-state index in [0.717, 1.165) is 27.9 Å². The van der Waals surface area contributed by atoms with Crippen molar-refractivity contribution < 1.29 is 0 Å². The zero-order chi connectivity index (χ0) is 18.4. The number of aromatic nitrogens is 3. The second-order valence-corrected chi connectivity index (χ2v) is 7.88. The van der Waals surface area contributed by atoms with Crippen LogP contribution in [0, 0.1) is 12.3 Å². The highest BCUT2D eigenvalue weighted by molar-refractivity contribution is 5.77. The van der Waals surface area contributed by atoms with Crippen LogP contribution in [0.5, 0.6) is 0 Å². The number of pyridine rings is 1. The van der Waals surface area contributed by atoms with Crippen LogP contribution in [0.15, 0.2) is 35.1 Å². The van der Waals surface area contributed by atoms with Gasteiger partial charge in [0.1, 0.15) is 0 Å². The molecule has 0 saturated carbocycles. The monoisotopic (exact) mass is 338 g/mol. The summed E-state index contributed by atoms with van der Waals surface area (Å²) >= 11 is 0. The number of nitrogens with two attached hydrogens (primary N) is 1. The van der Waals surface area contributed by atoms with Crippen LogP contribution >= 0.6 is 0 Å². The summed E-state index contributed by atoms with van der Waals surface area (Å²) in [5.41, 5.74) is 11.5. The lowest BCUT2D eigenvalue weighted by molar-refractivity contribution is 0.342. The first-order valence-electron chi connectivity index (χ1n) is 8.57. The molecule has 0 unspecified atom stereocenters. The van der Waals surface area contributed by atoms with Gasteiger partial charge >= 0.3 is 5.69 Å². The zero-order valence-electron chi connectivity index (χ0n) is 15.6. The van der Waals surface area contributed by atoms with Crippen molar-refractivity contribution >= 4 is 11.2 Å². The van der Waals surface area contributed by atoms with Gasteiger partial charge < -0.3 is 5.73 Å². The number of fused-ring (bicyclic) bond motifs is 1. The van der Waals surface area contributed by atoms with E-state index >= 15 is 0 Å². The van der Waals surface area contributed by atoms with Crippen molar-refractivity contribution in [3.63, 3.8) is 0 Å². The third-order valence-electron chi connectivity index (χ3n) is 4.43. The fourth-order valence-corrected chi connectivity index (χ4v) is 3.12. The van der Waals surface area contributed by atoms with Gasteiger partial charge in [0.25, 0.3) is 0 Å². The minimum Gasteiger partial charge on any atom is -0.326 e. The van der Waals surface area contributed by atoms with E-state index in [9.17, 15) is 4.79 Å². The summed E-state index contributed by atoms with van der Waals surface area (Å²) < 4.78 is 3.45. The van der Waals surface area contributed by atoms with E-state index in [2.05, 4.69) is 39.8 Å². The van der Waals surface area contributed by atoms with Gasteiger partial charge in [-0.25, -0.2) is 9.78 Å². The normalized spacial score (nSPS) is 12.1. The minimum atomic E-state index is -0.0259. The standard InChI is InChI=1S/C20H26N4O/c1-13-6-7-14(11-21)10-15(13)16-8-9-17-18(22-16)23(5)19(25)24(17)12-20(2,3)4/h6-10H,11-12,21H2,1-5H3. The Labute approximate surface area is 148 Å². The van der Waals surface area contributed by atoms with Crippen LogP contribution < -0.4 is 11.4 Å². The molecule has 5 heteroatoms. The number of aryl methyl sites for hydroxylation is 2. The predicted molar refractivity (Wildman–Crippen MR) is 102 cm³/mol. The van der Waals surface area contributed by atoms with Crippen LogP contribution in [0.4, 0.5) is 0 Å². The lowest BCUT2D eigenvalue weighted by Crippen LogP contribution is -2.27. The largest absolute Gasteiger partial charge is 0.330 e. The van der Waals surface area contributed by atoms with Gasteiger partial charge in [-0.05, 0) is 41.7 Å². The molecule has 25 heavy (non-hydrogen) atoms. The molecule has 0 atom stereocenters. The highest BCUT2D eigenvalue weighted by atomic mass is 16.1. The Morgan fingerprint density at radius 1 is 1.16 bits per heavy atom. The fraction of sp³-hybridized carbons (Fsp3) is 0.400. The van der Waals surface area contributed by atoms with Gasteiger partial charge in [0, 0.05) is 25.7 Å². The summed E-state index contributed by atoms with van der Waals surface area (Å²) in [5, 5.41) is 0. The molecule has 0 bridgehead atoms. The number of rotatable bonds is 3. The molecular weight excluding hydrogens is 312 g/mol. The maximum absolute atomic E-state index is 12.7. The number of hydrogen-bond acceptors (Lipinski definition) is 3. The van der Waals surface area contributed by atoms with Crippen LogP contribution in [0.2, 0.25) is 0 Å². The van der Waals surface area contributed by atoms with Crippen LogP contribution in [-0.2, 0) is 20.1 Å². The van der Waals surface area contributed by atoms with E-state index in [-0.39, 0.29) is 11.1 Å². The van der Waals surface area contributed by atoms with E-state index in [4.69, 9.17) is 10.7 Å². The molecule has 2 heterocycles. The SMILES string of the molecule is Cc1ccc(CN)cc1-c1ccc2c(n1)n(C)c(=O)n2CC(C)(C)C. The third kappa shape index (κ3) is 3.24. The van der Waals surface area contributed by atoms with Gasteiger partial charge in [0.2, 0.25) is 0 Å². The maximum Gasteiger partial charge on any atom is 0.330 e. The second kappa shape index (κ2) is 6.15. The fourth-order valence-electron chi connectivity index (χ4n) is 3.12. The summed E-state index contributed by atoms with van der Waals surface area (Å²) in [4.78, 5) is 17.4. The molecule has 132 valence electrons. The Bertz CT molecular complexity index is 989. The molecule has 0 amide bonds. The molecule has 0 fully saturated rings. The predicted octanol–water partition coefficient (Wildman–Crippen LogP) is 3.22. The number of imidazole rings is 1. The molecule has 2 N–H and O–H groups in total. The first-order chi connectivity index (χ1) is 11.7. The molecule has 0 radical (unpaired) electrons. The molecular formula is C20H26N4O. The third-order valence-corrected chi connectivity index (χ3v) is 4.43. The number of benzene rings is 1. The molecule has 0 aliphatic carbocycles. The van der Waals surface area contributed by atoms with E-state index in [0.29, 0.717) is 18.7 Å². The summed E-state index contributed by atoms with van der Waals surface area (Å²) in [6.07, 6.45) is 0. The minimum absolute atomic E-state index is 0.0167. The van der Waals surface area contributed by atoms with Gasteiger partial charge in [0.05, 0.1) is 11.2 Å². The first-order valence-corrected chi connectivity index (χ1v) is 8.57. The Hall–Kier alpha value is -2.40. The molecule has 3 rings (SSSR count). The van der Waals surface area contributed by atoms with Crippen molar-refractivity contribution in [3.05, 3.63) is 51.9 Å². The Morgan fingerprint density at radius 3 is 2.52 bits per heavy atom. The molecule has 0 saturated heterocycles. The average molecular weight is 338 g/mol. The number of hydrogen-bond donors (Lipinski definition) is 1. The molecule has 0 spiro atoms. The molecule has 2 aromatic heterocycles. The van der Waals surface area contributed by atoms with Crippen LogP contribution in [0.3, 0.4) is 0 Å². The highest BCUT2D eigenvalue weighted by Gasteiger charge is 2.19. The summed E-state index contributed by atoms with van der Waals surface area (Å²) in [7, 11) is 1.78. The molecule has 3 aromatic rings. The Balaban J connectivity index is 2.19. The van der Waals surface area contributed by atoms with Crippen LogP contribution in [0.1, 0.15) is 31.9 Å². The average Bonchev–Trinajstić information content (AvgIpc) is 2.78. The van der Waals surface area contributed by atoms with Gasteiger partial charge in [-0.1, -0.05) is 32.9 Å². The van der Waals surface area contributed by atoms with Crippen molar-refractivity contribution in [2.75, 3.05) is 0 Å².